The summed E-state index contributed by atoms with van der Waals surface area (Å²) in [6.45, 7) is 3.27. The fraction of sp³-hybridized carbons (Fsp3) is 0.222. The molecule has 0 radical (unpaired) electrons. The van der Waals surface area contributed by atoms with Crippen molar-refractivity contribution >= 4 is 28.0 Å². The summed E-state index contributed by atoms with van der Waals surface area (Å²) in [5.41, 5.74) is 4.19. The Bertz CT molecular complexity index is 1020. The van der Waals surface area contributed by atoms with Crippen molar-refractivity contribution in [2.24, 2.45) is 0 Å². The average molecular weight is 334 g/mol. The van der Waals surface area contributed by atoms with E-state index in [0.29, 0.717) is 18.5 Å². The molecular formula is C18H18N6O. The maximum atomic E-state index is 12.3. The van der Waals surface area contributed by atoms with E-state index in [4.69, 9.17) is 0 Å². The van der Waals surface area contributed by atoms with Crippen molar-refractivity contribution in [1.82, 2.24) is 30.3 Å². The molecule has 126 valence electrons. The summed E-state index contributed by atoms with van der Waals surface area (Å²) >= 11 is 0. The van der Waals surface area contributed by atoms with Crippen LogP contribution in [-0.4, -0.2) is 37.4 Å². The van der Waals surface area contributed by atoms with Gasteiger partial charge >= 0.3 is 0 Å². The average Bonchev–Trinajstić information content (AvgIpc) is 3.24. The van der Waals surface area contributed by atoms with Crippen LogP contribution < -0.4 is 5.32 Å². The SMILES string of the molecule is CCn1nnc2cc(C(=O)NCCc3nc4ccccc4[nH]3)ccc21. The molecule has 0 bridgehead atoms. The van der Waals surface area contributed by atoms with Crippen LogP contribution in [0.1, 0.15) is 23.1 Å². The monoisotopic (exact) mass is 334 g/mol. The lowest BCUT2D eigenvalue weighted by molar-refractivity contribution is 0.0954. The van der Waals surface area contributed by atoms with E-state index in [9.17, 15) is 4.79 Å². The molecule has 1 amide bonds. The van der Waals surface area contributed by atoms with Crippen molar-refractivity contribution in [2.45, 2.75) is 19.9 Å². The van der Waals surface area contributed by atoms with Crippen LogP contribution in [-0.2, 0) is 13.0 Å². The number of nitrogens with one attached hydrogen (secondary N) is 2. The highest BCUT2D eigenvalue weighted by Gasteiger charge is 2.10. The molecule has 25 heavy (non-hydrogen) atoms. The fourth-order valence-electron chi connectivity index (χ4n) is 2.87. The fourth-order valence-corrected chi connectivity index (χ4v) is 2.87. The number of aromatic amines is 1. The second kappa shape index (κ2) is 6.35. The summed E-state index contributed by atoms with van der Waals surface area (Å²) in [7, 11) is 0. The largest absolute Gasteiger partial charge is 0.352 e. The van der Waals surface area contributed by atoms with Crippen LogP contribution in [0.3, 0.4) is 0 Å². The summed E-state index contributed by atoms with van der Waals surface area (Å²) in [6, 6.07) is 13.3. The van der Waals surface area contributed by atoms with Crippen LogP contribution >= 0.6 is 0 Å². The topological polar surface area (TPSA) is 88.5 Å². The minimum Gasteiger partial charge on any atom is -0.352 e. The first-order valence-corrected chi connectivity index (χ1v) is 8.29. The number of aromatic nitrogens is 5. The number of benzene rings is 2. The number of H-pyrrole nitrogens is 1. The summed E-state index contributed by atoms with van der Waals surface area (Å²) in [5.74, 6) is 0.743. The predicted octanol–water partition coefficient (Wildman–Crippen LogP) is 2.30. The molecule has 0 atom stereocenters. The number of hydrogen-bond acceptors (Lipinski definition) is 4. The van der Waals surface area contributed by atoms with E-state index >= 15 is 0 Å². The van der Waals surface area contributed by atoms with Crippen molar-refractivity contribution in [2.75, 3.05) is 6.54 Å². The number of rotatable bonds is 5. The molecule has 0 aliphatic rings. The Balaban J connectivity index is 1.41. The number of para-hydroxylation sites is 2. The van der Waals surface area contributed by atoms with Crippen molar-refractivity contribution in [3.63, 3.8) is 0 Å². The highest BCUT2D eigenvalue weighted by molar-refractivity contribution is 5.97. The lowest BCUT2D eigenvalue weighted by atomic mass is 10.2. The van der Waals surface area contributed by atoms with Gasteiger partial charge in [-0.2, -0.15) is 0 Å². The van der Waals surface area contributed by atoms with Gasteiger partial charge in [0.1, 0.15) is 11.3 Å². The lowest BCUT2D eigenvalue weighted by Gasteiger charge is -2.04. The highest BCUT2D eigenvalue weighted by atomic mass is 16.1. The van der Waals surface area contributed by atoms with Gasteiger partial charge in [0.05, 0.1) is 16.6 Å². The normalized spacial score (nSPS) is 11.2. The molecule has 4 aromatic rings. The number of imidazole rings is 1. The molecular weight excluding hydrogens is 316 g/mol. The number of amides is 1. The van der Waals surface area contributed by atoms with Crippen LogP contribution in [0.2, 0.25) is 0 Å². The second-order valence-electron chi connectivity index (χ2n) is 5.82. The standard InChI is InChI=1S/C18H18N6O/c1-2-24-16-8-7-12(11-15(16)22-23-24)18(25)19-10-9-17-20-13-5-3-4-6-14(13)21-17/h3-8,11H,2,9-10H2,1H3,(H,19,25)(H,20,21). The summed E-state index contributed by atoms with van der Waals surface area (Å²) < 4.78 is 1.80. The third-order valence-electron chi connectivity index (χ3n) is 4.16. The predicted molar refractivity (Wildman–Crippen MR) is 95.3 cm³/mol. The van der Waals surface area contributed by atoms with Crippen molar-refractivity contribution in [3.8, 4) is 0 Å². The lowest BCUT2D eigenvalue weighted by Crippen LogP contribution is -2.25. The van der Waals surface area contributed by atoms with E-state index in [1.54, 1.807) is 16.8 Å². The van der Waals surface area contributed by atoms with Gasteiger partial charge in [-0.1, -0.05) is 17.3 Å². The zero-order valence-electron chi connectivity index (χ0n) is 13.9. The van der Waals surface area contributed by atoms with Gasteiger partial charge < -0.3 is 10.3 Å². The summed E-state index contributed by atoms with van der Waals surface area (Å²) in [4.78, 5) is 20.1. The molecule has 0 aliphatic carbocycles. The van der Waals surface area contributed by atoms with Gasteiger partial charge in [-0.25, -0.2) is 9.67 Å². The summed E-state index contributed by atoms with van der Waals surface area (Å²) in [6.07, 6.45) is 0.648. The Labute approximate surface area is 144 Å². The minimum atomic E-state index is -0.121. The van der Waals surface area contributed by atoms with Gasteiger partial charge in [0.2, 0.25) is 0 Å². The van der Waals surface area contributed by atoms with Gasteiger partial charge in [0, 0.05) is 25.1 Å². The Hall–Kier alpha value is -3.22. The van der Waals surface area contributed by atoms with Crippen LogP contribution in [0.15, 0.2) is 42.5 Å². The molecule has 0 unspecified atom stereocenters. The number of nitrogens with zero attached hydrogens (tertiary/aromatic N) is 4. The molecule has 0 spiro atoms. The Morgan fingerprint density at radius 3 is 2.92 bits per heavy atom. The Morgan fingerprint density at radius 2 is 2.08 bits per heavy atom. The first-order chi connectivity index (χ1) is 12.2. The van der Waals surface area contributed by atoms with E-state index in [1.165, 1.54) is 0 Å². The minimum absolute atomic E-state index is 0.121. The molecule has 7 heteroatoms. The van der Waals surface area contributed by atoms with Gasteiger partial charge in [0.15, 0.2) is 0 Å². The Morgan fingerprint density at radius 1 is 1.20 bits per heavy atom. The van der Waals surface area contributed by atoms with Crippen molar-refractivity contribution in [3.05, 3.63) is 53.9 Å². The van der Waals surface area contributed by atoms with Gasteiger partial charge in [-0.3, -0.25) is 4.79 Å². The zero-order chi connectivity index (χ0) is 17.2. The third-order valence-corrected chi connectivity index (χ3v) is 4.16. The second-order valence-corrected chi connectivity index (χ2v) is 5.82. The quantitative estimate of drug-likeness (QED) is 0.586. The molecule has 2 aromatic carbocycles. The number of carbonyl (C=O) groups is 1. The van der Waals surface area contributed by atoms with Crippen molar-refractivity contribution in [1.29, 1.82) is 0 Å². The van der Waals surface area contributed by atoms with Gasteiger partial charge in [-0.05, 0) is 37.3 Å². The molecule has 4 rings (SSSR count). The molecule has 0 saturated carbocycles. The van der Waals surface area contributed by atoms with Crippen LogP contribution in [0.25, 0.3) is 22.1 Å². The number of fused-ring (bicyclic) bond motifs is 2. The summed E-state index contributed by atoms with van der Waals surface area (Å²) in [5, 5.41) is 11.1. The van der Waals surface area contributed by atoms with Crippen LogP contribution in [0.4, 0.5) is 0 Å². The van der Waals surface area contributed by atoms with Crippen molar-refractivity contribution < 1.29 is 4.79 Å². The molecule has 2 heterocycles. The maximum Gasteiger partial charge on any atom is 0.251 e. The number of hydrogen-bond donors (Lipinski definition) is 2. The highest BCUT2D eigenvalue weighted by Crippen LogP contribution is 2.14. The molecule has 2 N–H and O–H groups in total. The maximum absolute atomic E-state index is 12.3. The van der Waals surface area contributed by atoms with E-state index in [-0.39, 0.29) is 5.91 Å². The first kappa shape index (κ1) is 15.3. The first-order valence-electron chi connectivity index (χ1n) is 8.29. The van der Waals surface area contributed by atoms with E-state index in [0.717, 1.165) is 34.4 Å². The third kappa shape index (κ3) is 2.96. The molecule has 7 nitrogen and oxygen atoms in total. The number of carbonyl (C=O) groups excluding carboxylic acids is 1. The van der Waals surface area contributed by atoms with E-state index in [2.05, 4.69) is 25.6 Å². The molecule has 0 fully saturated rings. The zero-order valence-corrected chi connectivity index (χ0v) is 13.9. The molecule has 0 aliphatic heterocycles. The molecule has 2 aromatic heterocycles. The number of aryl methyl sites for hydroxylation is 1. The van der Waals surface area contributed by atoms with Gasteiger partial charge in [-0.15, -0.1) is 5.10 Å². The van der Waals surface area contributed by atoms with E-state index < -0.39 is 0 Å². The molecule has 0 saturated heterocycles. The van der Waals surface area contributed by atoms with Gasteiger partial charge in [0.25, 0.3) is 5.91 Å². The van der Waals surface area contributed by atoms with Crippen LogP contribution in [0.5, 0.6) is 0 Å². The smallest absolute Gasteiger partial charge is 0.251 e. The van der Waals surface area contributed by atoms with E-state index in [1.807, 2.05) is 37.3 Å². The Kier molecular flexibility index (Phi) is 3.89. The van der Waals surface area contributed by atoms with Crippen LogP contribution in [0, 0.1) is 0 Å².